The second-order valence-corrected chi connectivity index (χ2v) is 6.28. The molecular formula is C19H17ClFN3O3. The third-order valence-electron chi connectivity index (χ3n) is 3.86. The lowest BCUT2D eigenvalue weighted by atomic mass is 10.2. The predicted octanol–water partition coefficient (Wildman–Crippen LogP) is 2.77. The van der Waals surface area contributed by atoms with Crippen LogP contribution < -0.4 is 15.6 Å². The third-order valence-corrected chi connectivity index (χ3v) is 4.10. The van der Waals surface area contributed by atoms with E-state index in [1.54, 1.807) is 24.3 Å². The lowest BCUT2D eigenvalue weighted by molar-refractivity contribution is -0.121. The minimum atomic E-state index is -0.597. The van der Waals surface area contributed by atoms with Gasteiger partial charge in [-0.15, -0.1) is 0 Å². The molecule has 0 saturated carbocycles. The molecule has 1 aromatic carbocycles. The number of halogens is 2. The number of hydrogen-bond donors (Lipinski definition) is 1. The standard InChI is InChI=1S/C19H17ClFN3O3/c20-13-3-1-4-14(9-13)27-8-2-6-23-18(25)12-24-11-17(21)16-10-22-7-5-15(16)19(24)26/h1,3-5,7,9-11H,2,6,8,12H2,(H,23,25). The summed E-state index contributed by atoms with van der Waals surface area (Å²) in [5.41, 5.74) is -0.437. The second kappa shape index (κ2) is 8.64. The summed E-state index contributed by atoms with van der Waals surface area (Å²) < 4.78 is 20.6. The lowest BCUT2D eigenvalue weighted by Gasteiger charge is -2.10. The molecule has 0 aliphatic rings. The van der Waals surface area contributed by atoms with Crippen molar-refractivity contribution in [3.63, 3.8) is 0 Å². The van der Waals surface area contributed by atoms with Crippen LogP contribution in [0.5, 0.6) is 5.75 Å². The van der Waals surface area contributed by atoms with Crippen LogP contribution in [-0.2, 0) is 11.3 Å². The summed E-state index contributed by atoms with van der Waals surface area (Å²) in [5, 5.41) is 3.60. The summed E-state index contributed by atoms with van der Waals surface area (Å²) in [7, 11) is 0. The molecule has 1 amide bonds. The fourth-order valence-electron chi connectivity index (χ4n) is 2.57. The summed E-state index contributed by atoms with van der Waals surface area (Å²) >= 11 is 5.87. The number of amides is 1. The Morgan fingerprint density at radius 3 is 2.96 bits per heavy atom. The summed E-state index contributed by atoms with van der Waals surface area (Å²) in [6.45, 7) is 0.509. The summed E-state index contributed by atoms with van der Waals surface area (Å²) in [5.74, 6) is -0.324. The van der Waals surface area contributed by atoms with Crippen LogP contribution >= 0.6 is 11.6 Å². The molecule has 27 heavy (non-hydrogen) atoms. The van der Waals surface area contributed by atoms with Crippen molar-refractivity contribution in [2.45, 2.75) is 13.0 Å². The number of pyridine rings is 2. The number of ether oxygens (including phenoxy) is 1. The first-order valence-corrected chi connectivity index (χ1v) is 8.70. The molecule has 3 rings (SSSR count). The van der Waals surface area contributed by atoms with Crippen molar-refractivity contribution in [1.82, 2.24) is 14.9 Å². The van der Waals surface area contributed by atoms with Crippen molar-refractivity contribution in [2.24, 2.45) is 0 Å². The monoisotopic (exact) mass is 389 g/mol. The van der Waals surface area contributed by atoms with E-state index in [0.29, 0.717) is 30.3 Å². The minimum absolute atomic E-state index is 0.136. The van der Waals surface area contributed by atoms with Gasteiger partial charge in [-0.25, -0.2) is 4.39 Å². The second-order valence-electron chi connectivity index (χ2n) is 5.84. The van der Waals surface area contributed by atoms with Gasteiger partial charge in [0.25, 0.3) is 5.56 Å². The van der Waals surface area contributed by atoms with Crippen molar-refractivity contribution in [1.29, 1.82) is 0 Å². The Morgan fingerprint density at radius 1 is 1.30 bits per heavy atom. The van der Waals surface area contributed by atoms with Gasteiger partial charge in [0.05, 0.1) is 12.0 Å². The van der Waals surface area contributed by atoms with Crippen molar-refractivity contribution < 1.29 is 13.9 Å². The topological polar surface area (TPSA) is 73.2 Å². The summed E-state index contributed by atoms with van der Waals surface area (Å²) in [4.78, 5) is 28.2. The van der Waals surface area contributed by atoms with Crippen LogP contribution in [0.4, 0.5) is 4.39 Å². The van der Waals surface area contributed by atoms with Gasteiger partial charge in [0.15, 0.2) is 0 Å². The molecule has 6 nitrogen and oxygen atoms in total. The quantitative estimate of drug-likeness (QED) is 0.631. The number of carbonyl (C=O) groups is 1. The molecule has 2 aromatic heterocycles. The lowest BCUT2D eigenvalue weighted by Crippen LogP contribution is -2.33. The van der Waals surface area contributed by atoms with E-state index in [-0.39, 0.29) is 23.2 Å². The van der Waals surface area contributed by atoms with Crippen LogP contribution in [0.25, 0.3) is 10.8 Å². The van der Waals surface area contributed by atoms with Crippen molar-refractivity contribution in [3.8, 4) is 5.75 Å². The molecule has 0 aliphatic heterocycles. The van der Waals surface area contributed by atoms with Crippen molar-refractivity contribution in [3.05, 3.63) is 70.1 Å². The zero-order valence-electron chi connectivity index (χ0n) is 14.3. The maximum atomic E-state index is 14.1. The number of nitrogens with zero attached hydrogens (tertiary/aromatic N) is 2. The number of benzene rings is 1. The number of aromatic nitrogens is 2. The number of fused-ring (bicyclic) bond motifs is 1. The number of carbonyl (C=O) groups excluding carboxylic acids is 1. The fourth-order valence-corrected chi connectivity index (χ4v) is 2.75. The van der Waals surface area contributed by atoms with Gasteiger partial charge < -0.3 is 14.6 Å². The van der Waals surface area contributed by atoms with E-state index in [1.165, 1.54) is 18.5 Å². The normalized spacial score (nSPS) is 10.7. The van der Waals surface area contributed by atoms with E-state index < -0.39 is 11.4 Å². The highest BCUT2D eigenvalue weighted by atomic mass is 35.5. The summed E-state index contributed by atoms with van der Waals surface area (Å²) in [6.07, 6.45) is 4.29. The average Bonchev–Trinajstić information content (AvgIpc) is 2.66. The molecule has 0 saturated heterocycles. The van der Waals surface area contributed by atoms with Gasteiger partial charge >= 0.3 is 0 Å². The largest absolute Gasteiger partial charge is 0.493 e. The summed E-state index contributed by atoms with van der Waals surface area (Å²) in [6, 6.07) is 8.47. The smallest absolute Gasteiger partial charge is 0.259 e. The van der Waals surface area contributed by atoms with Gasteiger partial charge in [0.2, 0.25) is 5.91 Å². The highest BCUT2D eigenvalue weighted by Crippen LogP contribution is 2.17. The third kappa shape index (κ3) is 4.83. The van der Waals surface area contributed by atoms with Crippen LogP contribution in [0.1, 0.15) is 6.42 Å². The Labute approximate surface area is 159 Å². The Hall–Kier alpha value is -2.93. The van der Waals surface area contributed by atoms with E-state index >= 15 is 0 Å². The molecule has 1 N–H and O–H groups in total. The minimum Gasteiger partial charge on any atom is -0.493 e. The average molecular weight is 390 g/mol. The van der Waals surface area contributed by atoms with Gasteiger partial charge in [0, 0.05) is 35.5 Å². The zero-order chi connectivity index (χ0) is 19.2. The Morgan fingerprint density at radius 2 is 2.15 bits per heavy atom. The van der Waals surface area contributed by atoms with Crippen LogP contribution in [0, 0.1) is 5.82 Å². The molecule has 0 fully saturated rings. The van der Waals surface area contributed by atoms with Crippen molar-refractivity contribution in [2.75, 3.05) is 13.2 Å². The van der Waals surface area contributed by atoms with Gasteiger partial charge in [-0.2, -0.15) is 0 Å². The molecule has 0 unspecified atom stereocenters. The molecule has 0 spiro atoms. The van der Waals surface area contributed by atoms with Gasteiger partial charge in [0.1, 0.15) is 18.1 Å². The SMILES string of the molecule is O=C(Cn1cc(F)c2cnccc2c1=O)NCCCOc1cccc(Cl)c1. The maximum absolute atomic E-state index is 14.1. The molecule has 0 atom stereocenters. The highest BCUT2D eigenvalue weighted by molar-refractivity contribution is 6.30. The molecule has 140 valence electrons. The van der Waals surface area contributed by atoms with Crippen LogP contribution in [0.2, 0.25) is 5.02 Å². The van der Waals surface area contributed by atoms with Gasteiger partial charge in [-0.1, -0.05) is 17.7 Å². The van der Waals surface area contributed by atoms with E-state index in [1.807, 2.05) is 0 Å². The van der Waals surface area contributed by atoms with Crippen molar-refractivity contribution >= 4 is 28.3 Å². The van der Waals surface area contributed by atoms with Gasteiger partial charge in [-0.05, 0) is 30.7 Å². The molecule has 8 heteroatoms. The van der Waals surface area contributed by atoms with E-state index in [9.17, 15) is 14.0 Å². The first-order valence-electron chi connectivity index (χ1n) is 8.32. The molecule has 2 heterocycles. The maximum Gasteiger partial charge on any atom is 0.259 e. The molecular weight excluding hydrogens is 373 g/mol. The first-order chi connectivity index (χ1) is 13.0. The molecule has 0 radical (unpaired) electrons. The Balaban J connectivity index is 1.50. The Kier molecular flexibility index (Phi) is 6.03. The highest BCUT2D eigenvalue weighted by Gasteiger charge is 2.11. The van der Waals surface area contributed by atoms with Gasteiger partial charge in [-0.3, -0.25) is 14.6 Å². The van der Waals surface area contributed by atoms with E-state index in [4.69, 9.17) is 16.3 Å². The van der Waals surface area contributed by atoms with Crippen LogP contribution in [-0.4, -0.2) is 28.6 Å². The van der Waals surface area contributed by atoms with E-state index in [2.05, 4.69) is 10.3 Å². The number of nitrogens with one attached hydrogen (secondary N) is 1. The first kappa shape index (κ1) is 18.8. The zero-order valence-corrected chi connectivity index (χ0v) is 15.1. The Bertz CT molecular complexity index is 1020. The number of hydrogen-bond acceptors (Lipinski definition) is 4. The molecule has 0 aliphatic carbocycles. The van der Waals surface area contributed by atoms with E-state index in [0.717, 1.165) is 10.8 Å². The predicted molar refractivity (Wildman–Crippen MR) is 101 cm³/mol. The van der Waals surface area contributed by atoms with Crippen LogP contribution in [0.15, 0.2) is 53.7 Å². The molecule has 0 bridgehead atoms. The fraction of sp³-hybridized carbons (Fsp3) is 0.211. The molecule has 3 aromatic rings. The number of rotatable bonds is 7. The van der Waals surface area contributed by atoms with Crippen LogP contribution in [0.3, 0.4) is 0 Å².